The minimum atomic E-state index is 0.545. The summed E-state index contributed by atoms with van der Waals surface area (Å²) in [4.78, 5) is 23.5. The van der Waals surface area contributed by atoms with Crippen molar-refractivity contribution in [1.29, 1.82) is 0 Å². The van der Waals surface area contributed by atoms with E-state index < -0.39 is 0 Å². The first-order valence-corrected chi connectivity index (χ1v) is 22.4. The molecule has 7 heteroatoms. The van der Waals surface area contributed by atoms with E-state index in [1.165, 1.54) is 20.2 Å². The molecule has 3 aromatic heterocycles. The van der Waals surface area contributed by atoms with Crippen LogP contribution >= 0.6 is 11.3 Å². The Morgan fingerprint density at radius 3 is 1.45 bits per heavy atom. The van der Waals surface area contributed by atoms with Crippen molar-refractivity contribution in [2.75, 3.05) is 0 Å². The van der Waals surface area contributed by atoms with E-state index in [0.717, 1.165) is 77.6 Å². The van der Waals surface area contributed by atoms with E-state index in [9.17, 15) is 0 Å². The summed E-state index contributed by atoms with van der Waals surface area (Å²) in [5.41, 5.74) is 12.5. The van der Waals surface area contributed by atoms with Crippen molar-refractivity contribution >= 4 is 64.7 Å². The van der Waals surface area contributed by atoms with Crippen LogP contribution in [0.5, 0.6) is 0 Å². The molecule has 0 unspecified atom stereocenters. The molecule has 12 rings (SSSR count). The number of aromatic nitrogens is 4. The average molecular weight is 859 g/mol. The van der Waals surface area contributed by atoms with Gasteiger partial charge < -0.3 is 4.57 Å². The Balaban J connectivity index is 1.17. The molecule has 0 radical (unpaired) electrons. The van der Waals surface area contributed by atoms with E-state index in [2.05, 4.69) is 111 Å². The SMILES string of the molecule is [C-]#[N+]c1ccccc1-c1ccc2c(c1)c1cc(-c3ccccc3[N+]#[C-])ccc1n2-c1ccc(-c2cccc3c2sc2ccccc23)cc1-c1nc(-c2ccccc2)nc(-c2ccccc2)n1. The lowest BCUT2D eigenvalue weighted by Crippen LogP contribution is -2.04. The minimum Gasteiger partial charge on any atom is -0.308 e. The van der Waals surface area contributed by atoms with Gasteiger partial charge in [0.25, 0.3) is 0 Å². The molecule has 12 aromatic rings. The number of para-hydroxylation sites is 2. The molecule has 0 aliphatic rings. The quantitative estimate of drug-likeness (QED) is 0.150. The van der Waals surface area contributed by atoms with Crippen molar-refractivity contribution in [2.24, 2.45) is 0 Å². The van der Waals surface area contributed by atoms with Crippen LogP contribution in [-0.4, -0.2) is 19.5 Å². The summed E-state index contributed by atoms with van der Waals surface area (Å²) in [5, 5.41) is 4.50. The molecule has 0 saturated heterocycles. The first kappa shape index (κ1) is 38.6. The molecule has 0 saturated carbocycles. The standard InChI is InChI=1S/C59H34N6S/c1-60-50-25-12-9-20-42(50)39-28-31-52-47(34-39)48-35-40(43-21-10-13-26-51(43)61-2)29-32-53(48)65(52)54-33-30-41(44-23-15-24-46-45-22-11-14-27-55(45)66-56(44)46)36-49(54)59-63-57(37-16-5-3-6-17-37)62-58(64-59)38-18-7-4-8-19-38/h3-36H. The van der Waals surface area contributed by atoms with Crippen molar-refractivity contribution < 1.29 is 0 Å². The number of rotatable bonds is 7. The molecular weight excluding hydrogens is 825 g/mol. The molecule has 0 fully saturated rings. The number of benzene rings is 9. The summed E-state index contributed by atoms with van der Waals surface area (Å²) in [6.07, 6.45) is 0. The van der Waals surface area contributed by atoms with Crippen molar-refractivity contribution in [3.63, 3.8) is 0 Å². The predicted octanol–water partition coefficient (Wildman–Crippen LogP) is 16.4. The number of nitrogens with zero attached hydrogens (tertiary/aromatic N) is 6. The zero-order valence-electron chi connectivity index (χ0n) is 35.2. The highest BCUT2D eigenvalue weighted by Crippen LogP contribution is 2.45. The normalized spacial score (nSPS) is 11.3. The fourth-order valence-corrected chi connectivity index (χ4v) is 10.5. The Morgan fingerprint density at radius 2 is 0.848 bits per heavy atom. The summed E-state index contributed by atoms with van der Waals surface area (Å²) in [6.45, 7) is 16.0. The van der Waals surface area contributed by atoms with Crippen LogP contribution in [-0.2, 0) is 0 Å². The Kier molecular flexibility index (Phi) is 9.35. The van der Waals surface area contributed by atoms with E-state index >= 15 is 0 Å². The molecule has 0 N–H and O–H groups in total. The number of fused-ring (bicyclic) bond motifs is 6. The van der Waals surface area contributed by atoms with Gasteiger partial charge in [-0.3, -0.25) is 0 Å². The molecular formula is C59H34N6S. The topological polar surface area (TPSA) is 52.3 Å². The van der Waals surface area contributed by atoms with E-state index in [1.807, 2.05) is 121 Å². The maximum Gasteiger partial charge on any atom is 0.194 e. The second-order valence-electron chi connectivity index (χ2n) is 16.1. The van der Waals surface area contributed by atoms with Crippen molar-refractivity contribution in [2.45, 2.75) is 0 Å². The average Bonchev–Trinajstić information content (AvgIpc) is 3.94. The molecule has 3 heterocycles. The van der Waals surface area contributed by atoms with Gasteiger partial charge in [-0.2, -0.15) is 0 Å². The third kappa shape index (κ3) is 6.50. The summed E-state index contributed by atoms with van der Waals surface area (Å²) < 4.78 is 4.78. The second-order valence-corrected chi connectivity index (χ2v) is 17.2. The highest BCUT2D eigenvalue weighted by Gasteiger charge is 2.23. The summed E-state index contributed by atoms with van der Waals surface area (Å²) in [7, 11) is 0. The van der Waals surface area contributed by atoms with Crippen molar-refractivity contribution in [3.8, 4) is 73.2 Å². The van der Waals surface area contributed by atoms with Crippen LogP contribution in [0.3, 0.4) is 0 Å². The first-order chi connectivity index (χ1) is 32.6. The van der Waals surface area contributed by atoms with Gasteiger partial charge in [0, 0.05) is 47.6 Å². The molecule has 306 valence electrons. The van der Waals surface area contributed by atoms with Gasteiger partial charge in [0.05, 0.1) is 29.9 Å². The highest BCUT2D eigenvalue weighted by atomic mass is 32.1. The molecule has 0 amide bonds. The lowest BCUT2D eigenvalue weighted by molar-refractivity contribution is 1.06. The minimum absolute atomic E-state index is 0.545. The fourth-order valence-electron chi connectivity index (χ4n) is 9.23. The highest BCUT2D eigenvalue weighted by molar-refractivity contribution is 7.26. The maximum absolute atomic E-state index is 7.98. The maximum atomic E-state index is 7.98. The Morgan fingerprint density at radius 1 is 0.364 bits per heavy atom. The monoisotopic (exact) mass is 858 g/mol. The predicted molar refractivity (Wildman–Crippen MR) is 272 cm³/mol. The zero-order chi connectivity index (χ0) is 44.1. The van der Waals surface area contributed by atoms with Gasteiger partial charge in [0.15, 0.2) is 28.8 Å². The summed E-state index contributed by atoms with van der Waals surface area (Å²) in [5.74, 6) is 1.70. The van der Waals surface area contributed by atoms with Crippen molar-refractivity contribution in [1.82, 2.24) is 19.5 Å². The summed E-state index contributed by atoms with van der Waals surface area (Å²) >= 11 is 1.81. The molecule has 0 aliphatic carbocycles. The van der Waals surface area contributed by atoms with E-state index in [-0.39, 0.29) is 0 Å². The van der Waals surface area contributed by atoms with E-state index in [4.69, 9.17) is 28.1 Å². The fraction of sp³-hybridized carbons (Fsp3) is 0. The molecule has 6 nitrogen and oxygen atoms in total. The van der Waals surface area contributed by atoms with Gasteiger partial charge in [-0.15, -0.1) is 11.3 Å². The van der Waals surface area contributed by atoms with Crippen LogP contribution in [0.1, 0.15) is 0 Å². The van der Waals surface area contributed by atoms with Crippen LogP contribution in [0.4, 0.5) is 11.4 Å². The number of hydrogen-bond acceptors (Lipinski definition) is 4. The van der Waals surface area contributed by atoms with Gasteiger partial charge in [0.2, 0.25) is 0 Å². The third-order valence-electron chi connectivity index (χ3n) is 12.3. The van der Waals surface area contributed by atoms with E-state index in [0.29, 0.717) is 28.8 Å². The van der Waals surface area contributed by atoms with Gasteiger partial charge in [-0.25, -0.2) is 24.6 Å². The van der Waals surface area contributed by atoms with E-state index in [1.54, 1.807) is 0 Å². The Bertz CT molecular complexity index is 3790. The number of thiophene rings is 1. The number of hydrogen-bond donors (Lipinski definition) is 0. The molecule has 66 heavy (non-hydrogen) atoms. The molecule has 0 spiro atoms. The van der Waals surface area contributed by atoms with Crippen LogP contribution in [0.25, 0.3) is 125 Å². The molecule has 0 bridgehead atoms. The van der Waals surface area contributed by atoms with Crippen LogP contribution < -0.4 is 0 Å². The molecule has 0 aliphatic heterocycles. The lowest BCUT2D eigenvalue weighted by Gasteiger charge is -2.17. The van der Waals surface area contributed by atoms with Gasteiger partial charge in [0.1, 0.15) is 0 Å². The lowest BCUT2D eigenvalue weighted by atomic mass is 9.99. The van der Waals surface area contributed by atoms with Gasteiger partial charge in [-0.05, 0) is 75.8 Å². The zero-order valence-corrected chi connectivity index (χ0v) is 36.0. The third-order valence-corrected chi connectivity index (χ3v) is 13.5. The Labute approximate surface area is 384 Å². The molecule has 9 aromatic carbocycles. The van der Waals surface area contributed by atoms with Crippen LogP contribution in [0.15, 0.2) is 206 Å². The molecule has 0 atom stereocenters. The van der Waals surface area contributed by atoms with Crippen molar-refractivity contribution in [3.05, 3.63) is 229 Å². The second kappa shape index (κ2) is 16.0. The largest absolute Gasteiger partial charge is 0.308 e. The van der Waals surface area contributed by atoms with Crippen LogP contribution in [0, 0.1) is 13.1 Å². The Hall–Kier alpha value is -9.01. The van der Waals surface area contributed by atoms with Gasteiger partial charge in [-0.1, -0.05) is 164 Å². The van der Waals surface area contributed by atoms with Crippen LogP contribution in [0.2, 0.25) is 0 Å². The van der Waals surface area contributed by atoms with Gasteiger partial charge >= 0.3 is 0 Å². The smallest absolute Gasteiger partial charge is 0.194 e. The summed E-state index contributed by atoms with van der Waals surface area (Å²) in [6, 6.07) is 70.4. The first-order valence-electron chi connectivity index (χ1n) is 21.6.